The number of halogens is 2. The molecule has 0 saturated carbocycles. The molecule has 3 aromatic rings. The Labute approximate surface area is 180 Å². The number of rotatable bonds is 3. The van der Waals surface area contributed by atoms with Crippen molar-refractivity contribution in [3.8, 4) is 0 Å². The van der Waals surface area contributed by atoms with Crippen LogP contribution in [0.25, 0.3) is 6.08 Å². The van der Waals surface area contributed by atoms with Crippen LogP contribution in [0.5, 0.6) is 0 Å². The molecule has 0 bridgehead atoms. The minimum Gasteiger partial charge on any atom is -0.275 e. The van der Waals surface area contributed by atoms with E-state index in [-0.39, 0.29) is 16.6 Å². The maximum absolute atomic E-state index is 13.1. The monoisotopic (exact) mass is 442 g/mol. The quantitative estimate of drug-likeness (QED) is 0.255. The van der Waals surface area contributed by atoms with Crippen LogP contribution in [-0.4, -0.2) is 10.8 Å². The maximum atomic E-state index is 13.1. The molecule has 0 radical (unpaired) electrons. The number of nitro benzene ring substituents is 1. The summed E-state index contributed by atoms with van der Waals surface area (Å²) in [5, 5.41) is 11.6. The van der Waals surface area contributed by atoms with Gasteiger partial charge in [-0.1, -0.05) is 53.2 Å². The standard InChI is InChI=1S/C21H12Cl2N2O3S/c22-14-7-9-20-18(12-14)24(16-3-1-2-4-19(16)29-20)21(26)10-6-13-5-8-15(23)17(11-13)25(27)28/h1-12H/b10-6+. The Morgan fingerprint density at radius 2 is 1.76 bits per heavy atom. The van der Waals surface area contributed by atoms with Crippen molar-refractivity contribution in [3.63, 3.8) is 0 Å². The molecule has 0 aromatic heterocycles. The van der Waals surface area contributed by atoms with E-state index in [1.807, 2.05) is 30.3 Å². The molecule has 4 rings (SSSR count). The number of para-hydroxylation sites is 1. The number of fused-ring (bicyclic) bond motifs is 2. The van der Waals surface area contributed by atoms with Crippen molar-refractivity contribution in [2.24, 2.45) is 0 Å². The Balaban J connectivity index is 1.72. The predicted octanol–water partition coefficient (Wildman–Crippen LogP) is 6.74. The van der Waals surface area contributed by atoms with Crippen LogP contribution < -0.4 is 4.90 Å². The number of nitrogens with zero attached hydrogens (tertiary/aromatic N) is 2. The number of carbonyl (C=O) groups is 1. The van der Waals surface area contributed by atoms with E-state index in [9.17, 15) is 14.9 Å². The first-order valence-corrected chi connectivity index (χ1v) is 10.0. The minimum absolute atomic E-state index is 0.0454. The normalized spacial score (nSPS) is 12.6. The van der Waals surface area contributed by atoms with Crippen molar-refractivity contribution in [3.05, 3.63) is 92.5 Å². The van der Waals surface area contributed by atoms with Crippen LogP contribution in [-0.2, 0) is 4.79 Å². The Hall–Kier alpha value is -2.80. The Kier molecular flexibility index (Phi) is 5.32. The van der Waals surface area contributed by atoms with E-state index >= 15 is 0 Å². The lowest BCUT2D eigenvalue weighted by atomic mass is 10.1. The van der Waals surface area contributed by atoms with E-state index in [1.54, 1.807) is 34.9 Å². The van der Waals surface area contributed by atoms with Crippen LogP contribution in [0.15, 0.2) is 76.5 Å². The summed E-state index contributed by atoms with van der Waals surface area (Å²) in [5.74, 6) is -0.293. The highest BCUT2D eigenvalue weighted by Gasteiger charge is 2.27. The van der Waals surface area contributed by atoms with Crippen molar-refractivity contribution in [1.29, 1.82) is 0 Å². The number of benzene rings is 3. The molecule has 1 amide bonds. The van der Waals surface area contributed by atoms with Crippen molar-refractivity contribution in [1.82, 2.24) is 0 Å². The molecule has 5 nitrogen and oxygen atoms in total. The van der Waals surface area contributed by atoms with Crippen LogP contribution in [0.3, 0.4) is 0 Å². The zero-order valence-corrected chi connectivity index (χ0v) is 17.0. The molecule has 0 aliphatic carbocycles. The fourth-order valence-corrected chi connectivity index (χ4v) is 4.37. The van der Waals surface area contributed by atoms with Crippen LogP contribution in [0, 0.1) is 10.1 Å². The summed E-state index contributed by atoms with van der Waals surface area (Å²) in [6.45, 7) is 0. The molecule has 29 heavy (non-hydrogen) atoms. The van der Waals surface area contributed by atoms with Gasteiger partial charge in [0.25, 0.3) is 11.6 Å². The van der Waals surface area contributed by atoms with E-state index in [2.05, 4.69) is 0 Å². The Morgan fingerprint density at radius 1 is 1.00 bits per heavy atom. The summed E-state index contributed by atoms with van der Waals surface area (Å²) in [6, 6.07) is 17.4. The van der Waals surface area contributed by atoms with Gasteiger partial charge in [-0.3, -0.25) is 19.8 Å². The predicted molar refractivity (Wildman–Crippen MR) is 116 cm³/mol. The SMILES string of the molecule is O=C(/C=C/c1ccc(Cl)c([N+](=O)[O-])c1)N1c2ccccc2Sc2ccc(Cl)cc21. The van der Waals surface area contributed by atoms with Crippen molar-refractivity contribution >= 4 is 64.0 Å². The summed E-state index contributed by atoms with van der Waals surface area (Å²) in [6.07, 6.45) is 2.91. The summed E-state index contributed by atoms with van der Waals surface area (Å²) < 4.78 is 0. The first-order valence-electron chi connectivity index (χ1n) is 8.46. The van der Waals surface area contributed by atoms with Gasteiger partial charge in [0.1, 0.15) is 5.02 Å². The smallest absolute Gasteiger partial charge is 0.275 e. The van der Waals surface area contributed by atoms with E-state index in [0.29, 0.717) is 16.3 Å². The largest absolute Gasteiger partial charge is 0.288 e. The average Bonchev–Trinajstić information content (AvgIpc) is 2.71. The second kappa shape index (κ2) is 7.91. The number of hydrogen-bond acceptors (Lipinski definition) is 4. The highest BCUT2D eigenvalue weighted by Crippen LogP contribution is 2.48. The molecule has 0 unspecified atom stereocenters. The van der Waals surface area contributed by atoms with E-state index in [0.717, 1.165) is 15.5 Å². The molecule has 0 spiro atoms. The number of nitro groups is 1. The topological polar surface area (TPSA) is 63.4 Å². The molecule has 3 aromatic carbocycles. The molecule has 1 aliphatic rings. The third-order valence-electron chi connectivity index (χ3n) is 4.29. The first kappa shape index (κ1) is 19.5. The second-order valence-corrected chi connectivity index (χ2v) is 8.08. The third-order valence-corrected chi connectivity index (χ3v) is 5.98. The van der Waals surface area contributed by atoms with Gasteiger partial charge in [0, 0.05) is 27.0 Å². The molecule has 1 heterocycles. The lowest BCUT2D eigenvalue weighted by Gasteiger charge is -2.30. The number of carbonyl (C=O) groups excluding carboxylic acids is 1. The van der Waals surface area contributed by atoms with Crippen LogP contribution in [0.4, 0.5) is 17.1 Å². The lowest BCUT2D eigenvalue weighted by molar-refractivity contribution is -0.384. The summed E-state index contributed by atoms with van der Waals surface area (Å²) in [4.78, 5) is 27.1. The van der Waals surface area contributed by atoms with Crippen LogP contribution in [0.2, 0.25) is 10.0 Å². The van der Waals surface area contributed by atoms with Gasteiger partial charge in [-0.25, -0.2) is 0 Å². The third kappa shape index (κ3) is 3.87. The zero-order chi connectivity index (χ0) is 20.5. The number of amides is 1. The molecule has 0 saturated heterocycles. The van der Waals surface area contributed by atoms with E-state index in [4.69, 9.17) is 23.2 Å². The Morgan fingerprint density at radius 3 is 2.55 bits per heavy atom. The summed E-state index contributed by atoms with van der Waals surface area (Å²) in [5.41, 5.74) is 1.74. The summed E-state index contributed by atoms with van der Waals surface area (Å²) in [7, 11) is 0. The van der Waals surface area contributed by atoms with Gasteiger partial charge in [0.2, 0.25) is 0 Å². The molecular formula is C21H12Cl2N2O3S. The van der Waals surface area contributed by atoms with Gasteiger partial charge < -0.3 is 0 Å². The van der Waals surface area contributed by atoms with Crippen LogP contribution >= 0.6 is 35.0 Å². The number of anilines is 2. The van der Waals surface area contributed by atoms with Crippen molar-refractivity contribution < 1.29 is 9.72 Å². The highest BCUT2D eigenvalue weighted by molar-refractivity contribution is 7.99. The zero-order valence-electron chi connectivity index (χ0n) is 14.7. The Bertz CT molecular complexity index is 1180. The molecule has 8 heteroatoms. The van der Waals surface area contributed by atoms with E-state index in [1.165, 1.54) is 24.3 Å². The van der Waals surface area contributed by atoms with Crippen molar-refractivity contribution in [2.75, 3.05) is 4.90 Å². The van der Waals surface area contributed by atoms with Gasteiger partial charge in [-0.15, -0.1) is 0 Å². The lowest BCUT2D eigenvalue weighted by Crippen LogP contribution is -2.26. The molecular weight excluding hydrogens is 431 g/mol. The van der Waals surface area contributed by atoms with Crippen LogP contribution in [0.1, 0.15) is 5.56 Å². The average molecular weight is 443 g/mol. The molecule has 1 aliphatic heterocycles. The molecule has 0 N–H and O–H groups in total. The molecule has 144 valence electrons. The van der Waals surface area contributed by atoms with Gasteiger partial charge in [0.05, 0.1) is 16.3 Å². The van der Waals surface area contributed by atoms with E-state index < -0.39 is 4.92 Å². The van der Waals surface area contributed by atoms with Gasteiger partial charge >= 0.3 is 0 Å². The van der Waals surface area contributed by atoms with Gasteiger partial charge in [0.15, 0.2) is 0 Å². The molecule has 0 fully saturated rings. The first-order chi connectivity index (χ1) is 13.9. The summed E-state index contributed by atoms with van der Waals surface area (Å²) >= 11 is 13.6. The fraction of sp³-hybridized carbons (Fsp3) is 0. The second-order valence-electron chi connectivity index (χ2n) is 6.16. The highest BCUT2D eigenvalue weighted by atomic mass is 35.5. The number of hydrogen-bond donors (Lipinski definition) is 0. The minimum atomic E-state index is -0.558. The fourth-order valence-electron chi connectivity index (χ4n) is 2.98. The maximum Gasteiger partial charge on any atom is 0.288 e. The van der Waals surface area contributed by atoms with Crippen molar-refractivity contribution in [2.45, 2.75) is 9.79 Å². The van der Waals surface area contributed by atoms with Gasteiger partial charge in [-0.05, 0) is 48.0 Å². The van der Waals surface area contributed by atoms with Gasteiger partial charge in [-0.2, -0.15) is 0 Å². The molecule has 0 atom stereocenters.